The number of nitrogens with zero attached hydrogens (tertiary/aromatic N) is 1. The predicted molar refractivity (Wildman–Crippen MR) is 109 cm³/mol. The van der Waals surface area contributed by atoms with Gasteiger partial charge in [-0.05, 0) is 42.5 Å². The molecule has 2 amide bonds. The number of carbonyl (C=O) groups excluding carboxylic acids is 2. The summed E-state index contributed by atoms with van der Waals surface area (Å²) >= 11 is 0. The third-order valence-corrected chi connectivity index (χ3v) is 4.05. The summed E-state index contributed by atoms with van der Waals surface area (Å²) in [6.45, 7) is -1.03. The van der Waals surface area contributed by atoms with Gasteiger partial charge >= 0.3 is 12.1 Å². The predicted octanol–water partition coefficient (Wildman–Crippen LogP) is 3.92. The molecule has 0 saturated heterocycles. The number of alkyl halides is 3. The monoisotopic (exact) mass is 439 g/mol. The lowest BCUT2D eigenvalue weighted by Crippen LogP contribution is -2.38. The Hall–Kier alpha value is -3.56. The normalized spacial score (nSPS) is 11.6. The average molecular weight is 439 g/mol. The summed E-state index contributed by atoms with van der Waals surface area (Å²) in [5.74, 6) is -2.24. The molecule has 2 aromatic carbocycles. The summed E-state index contributed by atoms with van der Waals surface area (Å²) in [7, 11) is 3.76. The second kappa shape index (κ2) is 10.5. The Kier molecular flexibility index (Phi) is 8.00. The number of nitrogens with one attached hydrogen (secondary N) is 2. The molecule has 0 atom stereocenters. The van der Waals surface area contributed by atoms with Gasteiger partial charge in [0.2, 0.25) is 0 Å². The van der Waals surface area contributed by atoms with Crippen molar-refractivity contribution >= 4 is 23.2 Å². The van der Waals surface area contributed by atoms with Crippen LogP contribution in [0.1, 0.15) is 10.4 Å². The molecule has 0 aliphatic rings. The maximum atomic E-state index is 12.8. The Morgan fingerprint density at radius 2 is 1.77 bits per heavy atom. The molecule has 0 fully saturated rings. The molecule has 2 aromatic rings. The third-order valence-electron chi connectivity index (χ3n) is 4.05. The van der Waals surface area contributed by atoms with Crippen molar-refractivity contribution < 1.29 is 31.9 Å². The van der Waals surface area contributed by atoms with Gasteiger partial charge in [-0.25, -0.2) is 4.39 Å². The van der Waals surface area contributed by atoms with Crippen LogP contribution in [0.3, 0.4) is 0 Å². The Morgan fingerprint density at radius 1 is 1.10 bits per heavy atom. The van der Waals surface area contributed by atoms with Crippen LogP contribution in [-0.2, 0) is 4.79 Å². The molecular weight excluding hydrogens is 418 g/mol. The highest BCUT2D eigenvalue weighted by molar-refractivity contribution is 6.04. The Morgan fingerprint density at radius 3 is 2.35 bits per heavy atom. The van der Waals surface area contributed by atoms with E-state index in [1.165, 1.54) is 24.3 Å². The average Bonchev–Trinajstić information content (AvgIpc) is 2.73. The summed E-state index contributed by atoms with van der Waals surface area (Å²) in [6, 6.07) is 13.2. The molecule has 10 heteroatoms. The van der Waals surface area contributed by atoms with Crippen LogP contribution in [0.25, 0.3) is 0 Å². The molecule has 6 nitrogen and oxygen atoms in total. The van der Waals surface area contributed by atoms with Gasteiger partial charge < -0.3 is 20.3 Å². The van der Waals surface area contributed by atoms with Gasteiger partial charge in [0.05, 0.1) is 6.33 Å². The van der Waals surface area contributed by atoms with Crippen molar-refractivity contribution in [3.05, 3.63) is 66.0 Å². The van der Waals surface area contributed by atoms with E-state index in [2.05, 4.69) is 5.32 Å². The first kappa shape index (κ1) is 23.7. The van der Waals surface area contributed by atoms with Crippen LogP contribution in [0.15, 0.2) is 60.4 Å². The fraction of sp³-hybridized carbons (Fsp3) is 0.238. The van der Waals surface area contributed by atoms with Crippen LogP contribution < -0.4 is 20.3 Å². The van der Waals surface area contributed by atoms with Crippen molar-refractivity contribution in [3.63, 3.8) is 0 Å². The molecule has 31 heavy (non-hydrogen) atoms. The molecular formula is C21H21F4N3O3. The van der Waals surface area contributed by atoms with Crippen LogP contribution in [0.5, 0.6) is 5.75 Å². The summed E-state index contributed by atoms with van der Waals surface area (Å²) in [5.41, 5.74) is 1.70. The molecule has 0 aliphatic carbocycles. The van der Waals surface area contributed by atoms with Crippen LogP contribution in [0.4, 0.5) is 28.9 Å². The highest BCUT2D eigenvalue weighted by Gasteiger charge is 2.38. The van der Waals surface area contributed by atoms with Gasteiger partial charge in [-0.2, -0.15) is 13.2 Å². The zero-order chi connectivity index (χ0) is 23.0. The van der Waals surface area contributed by atoms with Gasteiger partial charge in [-0.1, -0.05) is 6.07 Å². The van der Waals surface area contributed by atoms with Gasteiger partial charge in [0.1, 0.15) is 12.4 Å². The second-order valence-corrected chi connectivity index (χ2v) is 6.66. The zero-order valence-electron chi connectivity index (χ0n) is 16.8. The van der Waals surface area contributed by atoms with E-state index in [9.17, 15) is 27.2 Å². The maximum Gasteiger partial charge on any atom is 0.471 e. The molecule has 0 heterocycles. The highest BCUT2D eigenvalue weighted by Crippen LogP contribution is 2.19. The summed E-state index contributed by atoms with van der Waals surface area (Å²) in [4.78, 5) is 25.1. The van der Waals surface area contributed by atoms with Gasteiger partial charge in [0.15, 0.2) is 0 Å². The molecule has 0 unspecified atom stereocenters. The van der Waals surface area contributed by atoms with E-state index < -0.39 is 18.6 Å². The van der Waals surface area contributed by atoms with Gasteiger partial charge in [-0.3, -0.25) is 9.59 Å². The van der Waals surface area contributed by atoms with Crippen molar-refractivity contribution in [2.75, 3.05) is 37.5 Å². The Balaban J connectivity index is 1.90. The van der Waals surface area contributed by atoms with E-state index in [1.54, 1.807) is 11.4 Å². The fourth-order valence-corrected chi connectivity index (χ4v) is 2.36. The lowest BCUT2D eigenvalue weighted by Gasteiger charge is -2.14. The molecule has 0 aromatic heterocycles. The number of benzene rings is 2. The quantitative estimate of drug-likeness (QED) is 0.612. The first-order valence-electron chi connectivity index (χ1n) is 9.05. The van der Waals surface area contributed by atoms with Crippen LogP contribution in [0.2, 0.25) is 0 Å². The lowest BCUT2D eigenvalue weighted by molar-refractivity contribution is -0.173. The third kappa shape index (κ3) is 7.32. The first-order chi connectivity index (χ1) is 14.6. The molecule has 2 rings (SSSR count). The van der Waals surface area contributed by atoms with Crippen LogP contribution in [0, 0.1) is 0 Å². The van der Waals surface area contributed by atoms with E-state index in [0.29, 0.717) is 11.3 Å². The summed E-state index contributed by atoms with van der Waals surface area (Å²) in [5, 5.41) is 4.33. The van der Waals surface area contributed by atoms with Gasteiger partial charge in [0, 0.05) is 43.2 Å². The van der Waals surface area contributed by atoms with Gasteiger partial charge in [-0.15, -0.1) is 0 Å². The topological polar surface area (TPSA) is 70.7 Å². The van der Waals surface area contributed by atoms with Crippen molar-refractivity contribution in [1.29, 1.82) is 0 Å². The Bertz CT molecular complexity index is 942. The number of carbonyl (C=O) groups is 2. The molecule has 166 valence electrons. The van der Waals surface area contributed by atoms with Crippen molar-refractivity contribution in [2.45, 2.75) is 6.18 Å². The van der Waals surface area contributed by atoms with Crippen molar-refractivity contribution in [2.24, 2.45) is 0 Å². The minimum absolute atomic E-state index is 0.0698. The second-order valence-electron chi connectivity index (χ2n) is 6.66. The van der Waals surface area contributed by atoms with Crippen LogP contribution in [-0.4, -0.2) is 45.2 Å². The number of ether oxygens (including phenoxy) is 1. The van der Waals surface area contributed by atoms with Crippen molar-refractivity contribution in [3.8, 4) is 5.75 Å². The number of rotatable bonds is 8. The fourth-order valence-electron chi connectivity index (χ4n) is 2.36. The SMILES string of the molecule is CN(C)c1cccc(NC(=O)c2ccc(OCC(=CF)CNC(=O)C(F)(F)F)cc2)c1. The standard InChI is InChI=1S/C21H21F4N3O3/c1-28(2)17-5-3-4-16(10-17)27-19(29)15-6-8-18(9-7-15)31-13-14(11-22)12-26-20(30)21(23,24)25/h3-11H,12-13H2,1-2H3,(H,26,30)(H,27,29). The number of hydrogen-bond donors (Lipinski definition) is 2. The first-order valence-corrected chi connectivity index (χ1v) is 9.05. The zero-order valence-corrected chi connectivity index (χ0v) is 16.8. The van der Waals surface area contributed by atoms with Gasteiger partial charge in [0.25, 0.3) is 5.91 Å². The summed E-state index contributed by atoms with van der Waals surface area (Å²) in [6.07, 6.45) is -4.98. The van der Waals surface area contributed by atoms with E-state index in [-0.39, 0.29) is 30.2 Å². The molecule has 0 aliphatic heterocycles. The van der Waals surface area contributed by atoms with E-state index in [1.807, 2.05) is 37.2 Å². The molecule has 2 N–H and O–H groups in total. The number of anilines is 2. The van der Waals surface area contributed by atoms with E-state index in [0.717, 1.165) is 5.69 Å². The minimum atomic E-state index is -5.05. The Labute approximate surface area is 176 Å². The van der Waals surface area contributed by atoms with E-state index in [4.69, 9.17) is 4.74 Å². The number of amides is 2. The molecule has 0 saturated carbocycles. The maximum absolute atomic E-state index is 12.8. The number of halogens is 4. The highest BCUT2D eigenvalue weighted by atomic mass is 19.4. The van der Waals surface area contributed by atoms with Crippen molar-refractivity contribution in [1.82, 2.24) is 5.32 Å². The smallest absolute Gasteiger partial charge is 0.471 e. The molecule has 0 bridgehead atoms. The number of hydrogen-bond acceptors (Lipinski definition) is 4. The minimum Gasteiger partial charge on any atom is -0.489 e. The largest absolute Gasteiger partial charge is 0.489 e. The summed E-state index contributed by atoms with van der Waals surface area (Å²) < 4.78 is 54.6. The lowest BCUT2D eigenvalue weighted by atomic mass is 10.2. The van der Waals surface area contributed by atoms with Crippen LogP contribution >= 0.6 is 0 Å². The van der Waals surface area contributed by atoms with E-state index >= 15 is 0 Å². The molecule has 0 radical (unpaired) electrons. The molecule has 0 spiro atoms.